The second-order valence-corrected chi connectivity index (χ2v) is 3.33. The maximum atomic E-state index is 4.47. The van der Waals surface area contributed by atoms with Gasteiger partial charge in [0.05, 0.1) is 5.69 Å². The Balaban J connectivity index is 2.88. The normalized spacial score (nSPS) is 13.3. The zero-order valence-corrected chi connectivity index (χ0v) is 8.46. The Labute approximate surface area is 74.6 Å². The van der Waals surface area contributed by atoms with Gasteiger partial charge in [-0.25, -0.2) is 0 Å². The lowest BCUT2D eigenvalue weighted by Crippen LogP contribution is -2.03. The van der Waals surface area contributed by atoms with Crippen LogP contribution in [0.1, 0.15) is 44.5 Å². The van der Waals surface area contributed by atoms with Crippen LogP contribution in [-0.4, -0.2) is 9.78 Å². The monoisotopic (exact) mass is 166 g/mol. The molecule has 0 N–H and O–H groups in total. The van der Waals surface area contributed by atoms with Crippen molar-refractivity contribution in [2.45, 2.75) is 46.6 Å². The van der Waals surface area contributed by atoms with E-state index in [1.807, 2.05) is 0 Å². The van der Waals surface area contributed by atoms with E-state index < -0.39 is 0 Å². The van der Waals surface area contributed by atoms with E-state index in [0.717, 1.165) is 12.8 Å². The lowest BCUT2D eigenvalue weighted by Gasteiger charge is -2.07. The van der Waals surface area contributed by atoms with Gasteiger partial charge in [-0.3, -0.25) is 4.68 Å². The maximum absolute atomic E-state index is 4.47. The lowest BCUT2D eigenvalue weighted by molar-refractivity contribution is 0.475. The molecule has 2 nitrogen and oxygen atoms in total. The van der Waals surface area contributed by atoms with Crippen molar-refractivity contribution >= 4 is 0 Å². The molecule has 0 fully saturated rings. The van der Waals surface area contributed by atoms with E-state index in [1.165, 1.54) is 11.3 Å². The zero-order valence-electron chi connectivity index (χ0n) is 8.46. The smallest absolute Gasteiger partial charge is 0.0625 e. The number of rotatable bonds is 3. The van der Waals surface area contributed by atoms with Gasteiger partial charge in [0.15, 0.2) is 0 Å². The number of hydrogen-bond acceptors (Lipinski definition) is 1. The fourth-order valence-electron chi connectivity index (χ4n) is 1.28. The third-order valence-electron chi connectivity index (χ3n) is 2.44. The Morgan fingerprint density at radius 1 is 1.50 bits per heavy atom. The molecule has 0 aliphatic heterocycles. The van der Waals surface area contributed by atoms with Crippen LogP contribution in [0, 0.1) is 6.92 Å². The van der Waals surface area contributed by atoms with Gasteiger partial charge in [0.2, 0.25) is 0 Å². The molecule has 1 aromatic rings. The van der Waals surface area contributed by atoms with Gasteiger partial charge in [0, 0.05) is 12.2 Å². The van der Waals surface area contributed by atoms with Crippen molar-refractivity contribution in [2.24, 2.45) is 0 Å². The minimum atomic E-state index is 0.531. The van der Waals surface area contributed by atoms with Crippen LogP contribution < -0.4 is 0 Å². The number of nitrogens with zero attached hydrogens (tertiary/aromatic N) is 2. The van der Waals surface area contributed by atoms with Crippen molar-refractivity contribution in [3.63, 3.8) is 0 Å². The molecular weight excluding hydrogens is 148 g/mol. The van der Waals surface area contributed by atoms with E-state index in [0.29, 0.717) is 6.04 Å². The molecule has 0 spiro atoms. The quantitative estimate of drug-likeness (QED) is 0.675. The minimum absolute atomic E-state index is 0.531. The van der Waals surface area contributed by atoms with E-state index in [4.69, 9.17) is 0 Å². The summed E-state index contributed by atoms with van der Waals surface area (Å²) in [6.45, 7) is 8.64. The Kier molecular flexibility index (Phi) is 2.90. The minimum Gasteiger partial charge on any atom is -0.269 e. The van der Waals surface area contributed by atoms with Gasteiger partial charge in [-0.2, -0.15) is 5.10 Å². The molecule has 1 rings (SSSR count). The van der Waals surface area contributed by atoms with Crippen molar-refractivity contribution in [3.8, 4) is 0 Å². The van der Waals surface area contributed by atoms with Crippen molar-refractivity contribution in [3.05, 3.63) is 17.5 Å². The second-order valence-electron chi connectivity index (χ2n) is 3.33. The van der Waals surface area contributed by atoms with Crippen molar-refractivity contribution in [1.29, 1.82) is 0 Å². The lowest BCUT2D eigenvalue weighted by atomic mass is 10.2. The zero-order chi connectivity index (χ0) is 9.14. The molecule has 0 aliphatic carbocycles. The molecule has 0 amide bonds. The average molecular weight is 166 g/mol. The van der Waals surface area contributed by atoms with Crippen molar-refractivity contribution in [2.75, 3.05) is 0 Å². The van der Waals surface area contributed by atoms with Crippen LogP contribution >= 0.6 is 0 Å². The highest BCUT2D eigenvalue weighted by Crippen LogP contribution is 2.13. The molecule has 1 heterocycles. The van der Waals surface area contributed by atoms with Gasteiger partial charge in [0.1, 0.15) is 0 Å². The van der Waals surface area contributed by atoms with E-state index in [2.05, 4.69) is 43.7 Å². The highest BCUT2D eigenvalue weighted by atomic mass is 15.3. The molecule has 1 unspecified atom stereocenters. The van der Waals surface area contributed by atoms with Gasteiger partial charge in [-0.05, 0) is 32.3 Å². The van der Waals surface area contributed by atoms with Crippen LogP contribution in [0.5, 0.6) is 0 Å². The van der Waals surface area contributed by atoms with Crippen LogP contribution in [0.2, 0.25) is 0 Å². The van der Waals surface area contributed by atoms with Gasteiger partial charge in [-0.1, -0.05) is 13.8 Å². The van der Waals surface area contributed by atoms with Crippen LogP contribution in [0.3, 0.4) is 0 Å². The molecule has 1 aromatic heterocycles. The number of hydrogen-bond donors (Lipinski definition) is 0. The molecule has 12 heavy (non-hydrogen) atoms. The molecule has 0 bridgehead atoms. The largest absolute Gasteiger partial charge is 0.269 e. The first-order chi connectivity index (χ1) is 5.69. The summed E-state index contributed by atoms with van der Waals surface area (Å²) < 4.78 is 2.08. The first-order valence-electron chi connectivity index (χ1n) is 4.73. The highest BCUT2D eigenvalue weighted by molar-refractivity contribution is 5.15. The Morgan fingerprint density at radius 3 is 2.58 bits per heavy atom. The summed E-state index contributed by atoms with van der Waals surface area (Å²) in [6.07, 6.45) is 4.40. The molecule has 0 saturated heterocycles. The fraction of sp³-hybridized carbons (Fsp3) is 0.700. The van der Waals surface area contributed by atoms with Gasteiger partial charge < -0.3 is 0 Å². The van der Waals surface area contributed by atoms with Gasteiger partial charge in [0.25, 0.3) is 0 Å². The maximum Gasteiger partial charge on any atom is 0.0625 e. The SMILES string of the molecule is CCc1cn(C(C)CC)nc1C. The van der Waals surface area contributed by atoms with Crippen LogP contribution in [0.15, 0.2) is 6.20 Å². The highest BCUT2D eigenvalue weighted by Gasteiger charge is 2.06. The van der Waals surface area contributed by atoms with E-state index in [9.17, 15) is 0 Å². The first-order valence-corrected chi connectivity index (χ1v) is 4.73. The van der Waals surface area contributed by atoms with E-state index >= 15 is 0 Å². The molecule has 0 saturated carbocycles. The second kappa shape index (κ2) is 3.74. The molecule has 0 aliphatic rings. The summed E-state index contributed by atoms with van der Waals surface area (Å²) in [7, 11) is 0. The van der Waals surface area contributed by atoms with Crippen molar-refractivity contribution < 1.29 is 0 Å². The average Bonchev–Trinajstić information content (AvgIpc) is 2.45. The summed E-state index contributed by atoms with van der Waals surface area (Å²) in [4.78, 5) is 0. The van der Waals surface area contributed by atoms with Crippen LogP contribution in [-0.2, 0) is 6.42 Å². The molecular formula is C10H18N2. The Hall–Kier alpha value is -0.790. The predicted octanol–water partition coefficient (Wildman–Crippen LogP) is 2.72. The fourth-order valence-corrected chi connectivity index (χ4v) is 1.28. The Bertz CT molecular complexity index is 250. The summed E-state index contributed by atoms with van der Waals surface area (Å²) in [5.74, 6) is 0. The van der Waals surface area contributed by atoms with Crippen molar-refractivity contribution in [1.82, 2.24) is 9.78 Å². The number of aryl methyl sites for hydroxylation is 2. The molecule has 0 radical (unpaired) electrons. The topological polar surface area (TPSA) is 17.8 Å². The third-order valence-corrected chi connectivity index (χ3v) is 2.44. The van der Waals surface area contributed by atoms with E-state index in [-0.39, 0.29) is 0 Å². The summed E-state index contributed by atoms with van der Waals surface area (Å²) in [5, 5.41) is 4.47. The summed E-state index contributed by atoms with van der Waals surface area (Å²) in [6, 6.07) is 0.531. The predicted molar refractivity (Wildman–Crippen MR) is 51.3 cm³/mol. The van der Waals surface area contributed by atoms with Crippen LogP contribution in [0.4, 0.5) is 0 Å². The summed E-state index contributed by atoms with van der Waals surface area (Å²) in [5.41, 5.74) is 2.55. The molecule has 68 valence electrons. The number of aromatic nitrogens is 2. The summed E-state index contributed by atoms with van der Waals surface area (Å²) >= 11 is 0. The standard InChI is InChI=1S/C10H18N2/c1-5-8(3)12-7-10(6-2)9(4)11-12/h7-8H,5-6H2,1-4H3. The third kappa shape index (κ3) is 1.68. The molecule has 0 aromatic carbocycles. The first kappa shape index (κ1) is 9.30. The molecule has 1 atom stereocenters. The molecule has 2 heteroatoms. The van der Waals surface area contributed by atoms with E-state index in [1.54, 1.807) is 0 Å². The Morgan fingerprint density at radius 2 is 2.17 bits per heavy atom. The van der Waals surface area contributed by atoms with Gasteiger partial charge >= 0.3 is 0 Å². The van der Waals surface area contributed by atoms with Gasteiger partial charge in [-0.15, -0.1) is 0 Å². The van der Waals surface area contributed by atoms with Crippen LogP contribution in [0.25, 0.3) is 0 Å².